The summed E-state index contributed by atoms with van der Waals surface area (Å²) in [5.41, 5.74) is -0.812. The van der Waals surface area contributed by atoms with Crippen LogP contribution in [0.3, 0.4) is 0 Å². The van der Waals surface area contributed by atoms with Crippen molar-refractivity contribution in [3.8, 4) is 5.88 Å². The van der Waals surface area contributed by atoms with Gasteiger partial charge < -0.3 is 14.4 Å². The molecule has 2 heterocycles. The average Bonchev–Trinajstić information content (AvgIpc) is 2.87. The second-order valence-electron chi connectivity index (χ2n) is 4.55. The molecule has 0 spiro atoms. The van der Waals surface area contributed by atoms with Crippen molar-refractivity contribution >= 4 is 6.09 Å². The Morgan fingerprint density at radius 2 is 2.29 bits per heavy atom. The summed E-state index contributed by atoms with van der Waals surface area (Å²) in [4.78, 5) is 16.7. The van der Waals surface area contributed by atoms with Crippen molar-refractivity contribution in [3.63, 3.8) is 0 Å². The van der Waals surface area contributed by atoms with E-state index < -0.39 is 17.8 Å². The number of halogens is 3. The molecule has 0 unspecified atom stereocenters. The van der Waals surface area contributed by atoms with Crippen LogP contribution in [-0.4, -0.2) is 41.8 Å². The van der Waals surface area contributed by atoms with Crippen LogP contribution in [0.4, 0.5) is 18.0 Å². The topological polar surface area (TPSA) is 51.7 Å². The van der Waals surface area contributed by atoms with Crippen molar-refractivity contribution < 1.29 is 27.4 Å². The van der Waals surface area contributed by atoms with Gasteiger partial charge >= 0.3 is 12.3 Å². The molecule has 1 aliphatic rings. The molecule has 5 nitrogen and oxygen atoms in total. The number of rotatable bonds is 3. The summed E-state index contributed by atoms with van der Waals surface area (Å²) < 4.78 is 48.0. The lowest BCUT2D eigenvalue weighted by Crippen LogP contribution is -2.31. The minimum atomic E-state index is -4.44. The van der Waals surface area contributed by atoms with E-state index in [0.29, 0.717) is 13.0 Å². The van der Waals surface area contributed by atoms with Crippen molar-refractivity contribution in [2.24, 2.45) is 0 Å². The minimum Gasteiger partial charge on any atom is -0.472 e. The zero-order chi connectivity index (χ0) is 15.5. The molecule has 0 aliphatic carbocycles. The van der Waals surface area contributed by atoms with E-state index in [1.54, 1.807) is 6.92 Å². The van der Waals surface area contributed by atoms with E-state index in [2.05, 4.69) is 4.98 Å². The van der Waals surface area contributed by atoms with E-state index >= 15 is 0 Å². The molecule has 1 aliphatic heterocycles. The average molecular weight is 304 g/mol. The second-order valence-corrected chi connectivity index (χ2v) is 4.55. The Labute approximate surface area is 119 Å². The standard InChI is InChI=1S/C13H15F3N2O3/c1-2-20-12(19)18-6-4-10(8-18)21-11-7-9(3-5-17-11)13(14,15)16/h3,5,7,10H,2,4,6,8H2,1H3/t10-/m0/s1. The van der Waals surface area contributed by atoms with Gasteiger partial charge in [0.05, 0.1) is 18.7 Å². The third kappa shape index (κ3) is 3.99. The van der Waals surface area contributed by atoms with Crippen LogP contribution in [-0.2, 0) is 10.9 Å². The Bertz CT molecular complexity index is 508. The number of ether oxygens (including phenoxy) is 2. The predicted octanol–water partition coefficient (Wildman–Crippen LogP) is 2.71. The van der Waals surface area contributed by atoms with Gasteiger partial charge in [-0.25, -0.2) is 9.78 Å². The van der Waals surface area contributed by atoms with Crippen LogP contribution in [0.25, 0.3) is 0 Å². The number of aromatic nitrogens is 1. The van der Waals surface area contributed by atoms with Crippen molar-refractivity contribution in [1.82, 2.24) is 9.88 Å². The molecule has 116 valence electrons. The van der Waals surface area contributed by atoms with Crippen molar-refractivity contribution in [1.29, 1.82) is 0 Å². The zero-order valence-electron chi connectivity index (χ0n) is 11.4. The monoisotopic (exact) mass is 304 g/mol. The molecule has 0 saturated carbocycles. The fraction of sp³-hybridized carbons (Fsp3) is 0.538. The maximum absolute atomic E-state index is 12.6. The Balaban J connectivity index is 1.96. The number of alkyl halides is 3. The first-order valence-electron chi connectivity index (χ1n) is 6.51. The van der Waals surface area contributed by atoms with Gasteiger partial charge in [-0.15, -0.1) is 0 Å². The molecule has 1 amide bonds. The Morgan fingerprint density at radius 3 is 2.95 bits per heavy atom. The smallest absolute Gasteiger partial charge is 0.416 e. The van der Waals surface area contributed by atoms with Crippen LogP contribution in [0.5, 0.6) is 5.88 Å². The molecule has 0 N–H and O–H groups in total. The molecule has 0 bridgehead atoms. The second kappa shape index (κ2) is 6.19. The largest absolute Gasteiger partial charge is 0.472 e. The first-order valence-corrected chi connectivity index (χ1v) is 6.51. The van der Waals surface area contributed by atoms with E-state index in [1.165, 1.54) is 4.90 Å². The van der Waals surface area contributed by atoms with Crippen LogP contribution in [0.1, 0.15) is 18.9 Å². The van der Waals surface area contributed by atoms with E-state index in [0.717, 1.165) is 18.3 Å². The normalized spacial score (nSPS) is 18.7. The molecular weight excluding hydrogens is 289 g/mol. The van der Waals surface area contributed by atoms with Crippen molar-refractivity contribution in [2.45, 2.75) is 25.6 Å². The number of hydrogen-bond acceptors (Lipinski definition) is 4. The number of nitrogens with zero attached hydrogens (tertiary/aromatic N) is 2. The predicted molar refractivity (Wildman–Crippen MR) is 66.9 cm³/mol. The zero-order valence-corrected chi connectivity index (χ0v) is 11.4. The summed E-state index contributed by atoms with van der Waals surface area (Å²) in [5, 5.41) is 0. The van der Waals surface area contributed by atoms with E-state index in [9.17, 15) is 18.0 Å². The fourth-order valence-electron chi connectivity index (χ4n) is 2.03. The van der Waals surface area contributed by atoms with Gasteiger partial charge in [-0.3, -0.25) is 0 Å². The Hall–Kier alpha value is -1.99. The molecule has 8 heteroatoms. The molecule has 1 aromatic heterocycles. The number of carbonyl (C=O) groups excluding carboxylic acids is 1. The molecule has 0 aromatic carbocycles. The number of carbonyl (C=O) groups is 1. The van der Waals surface area contributed by atoms with E-state index in [-0.39, 0.29) is 25.1 Å². The van der Waals surface area contributed by atoms with Gasteiger partial charge in [0.15, 0.2) is 0 Å². The van der Waals surface area contributed by atoms with Crippen LogP contribution >= 0.6 is 0 Å². The molecule has 0 radical (unpaired) electrons. The van der Waals surface area contributed by atoms with Crippen LogP contribution in [0, 0.1) is 0 Å². The Kier molecular flexibility index (Phi) is 4.54. The molecular formula is C13H15F3N2O3. The molecule has 1 fully saturated rings. The molecule has 2 rings (SSSR count). The maximum Gasteiger partial charge on any atom is 0.416 e. The van der Waals surface area contributed by atoms with Gasteiger partial charge in [-0.1, -0.05) is 0 Å². The van der Waals surface area contributed by atoms with Gasteiger partial charge in [0.1, 0.15) is 6.10 Å². The van der Waals surface area contributed by atoms with Gasteiger partial charge in [0.25, 0.3) is 0 Å². The lowest BCUT2D eigenvalue weighted by atomic mass is 10.2. The maximum atomic E-state index is 12.6. The number of hydrogen-bond donors (Lipinski definition) is 0. The summed E-state index contributed by atoms with van der Waals surface area (Å²) in [6, 6.07) is 1.74. The number of pyridine rings is 1. The highest BCUT2D eigenvalue weighted by atomic mass is 19.4. The van der Waals surface area contributed by atoms with Crippen molar-refractivity contribution in [2.75, 3.05) is 19.7 Å². The summed E-state index contributed by atoms with van der Waals surface area (Å²) >= 11 is 0. The lowest BCUT2D eigenvalue weighted by molar-refractivity contribution is -0.137. The highest BCUT2D eigenvalue weighted by Crippen LogP contribution is 2.31. The quantitative estimate of drug-likeness (QED) is 0.861. The Morgan fingerprint density at radius 1 is 1.52 bits per heavy atom. The highest BCUT2D eigenvalue weighted by molar-refractivity contribution is 5.68. The lowest BCUT2D eigenvalue weighted by Gasteiger charge is -2.16. The van der Waals surface area contributed by atoms with Crippen LogP contribution in [0.15, 0.2) is 18.3 Å². The molecule has 1 saturated heterocycles. The summed E-state index contributed by atoms with van der Waals surface area (Å²) in [5.74, 6) is -0.0967. The van der Waals surface area contributed by atoms with Gasteiger partial charge in [0, 0.05) is 25.2 Å². The third-order valence-corrected chi connectivity index (χ3v) is 3.02. The van der Waals surface area contributed by atoms with Gasteiger partial charge in [0.2, 0.25) is 5.88 Å². The third-order valence-electron chi connectivity index (χ3n) is 3.02. The first kappa shape index (κ1) is 15.4. The molecule has 1 atom stereocenters. The molecule has 1 aromatic rings. The number of amides is 1. The SMILES string of the molecule is CCOC(=O)N1CC[C@H](Oc2cc(C(F)(F)F)ccn2)C1. The van der Waals surface area contributed by atoms with E-state index in [1.807, 2.05) is 0 Å². The summed E-state index contributed by atoms with van der Waals surface area (Å²) in [6.07, 6.45) is -3.69. The first-order chi connectivity index (χ1) is 9.90. The van der Waals surface area contributed by atoms with Crippen molar-refractivity contribution in [3.05, 3.63) is 23.9 Å². The summed E-state index contributed by atoms with van der Waals surface area (Å²) in [7, 11) is 0. The minimum absolute atomic E-state index is 0.0967. The molecule has 21 heavy (non-hydrogen) atoms. The summed E-state index contributed by atoms with van der Waals surface area (Å²) in [6.45, 7) is 2.70. The highest BCUT2D eigenvalue weighted by Gasteiger charge is 2.32. The number of likely N-dealkylation sites (tertiary alicyclic amines) is 1. The fourth-order valence-corrected chi connectivity index (χ4v) is 2.03. The van der Waals surface area contributed by atoms with Crippen LogP contribution in [0.2, 0.25) is 0 Å². The van der Waals surface area contributed by atoms with Crippen LogP contribution < -0.4 is 4.74 Å². The van der Waals surface area contributed by atoms with E-state index in [4.69, 9.17) is 9.47 Å². The van der Waals surface area contributed by atoms with Gasteiger partial charge in [-0.05, 0) is 13.0 Å². The van der Waals surface area contributed by atoms with Gasteiger partial charge in [-0.2, -0.15) is 13.2 Å².